The summed E-state index contributed by atoms with van der Waals surface area (Å²) in [6, 6.07) is 4.86. The van der Waals surface area contributed by atoms with Crippen LogP contribution < -0.4 is 5.32 Å². The van der Waals surface area contributed by atoms with Crippen molar-refractivity contribution in [3.63, 3.8) is 0 Å². The molecule has 0 fully saturated rings. The van der Waals surface area contributed by atoms with Gasteiger partial charge in [-0.05, 0) is 33.6 Å². The van der Waals surface area contributed by atoms with Gasteiger partial charge in [-0.2, -0.15) is 0 Å². The van der Waals surface area contributed by atoms with Crippen LogP contribution in [0.5, 0.6) is 0 Å². The lowest BCUT2D eigenvalue weighted by Gasteiger charge is -1.97. The van der Waals surface area contributed by atoms with E-state index in [1.807, 2.05) is 0 Å². The van der Waals surface area contributed by atoms with Gasteiger partial charge < -0.3 is 5.32 Å². The maximum atomic E-state index is 13.1. The number of halogens is 2. The van der Waals surface area contributed by atoms with Crippen molar-refractivity contribution < 1.29 is 9.18 Å². The van der Waals surface area contributed by atoms with Crippen molar-refractivity contribution in [1.82, 2.24) is 5.32 Å². The van der Waals surface area contributed by atoms with E-state index < -0.39 is 0 Å². The minimum atomic E-state index is -0.295. The van der Waals surface area contributed by atoms with Crippen molar-refractivity contribution in [1.29, 1.82) is 0 Å². The van der Waals surface area contributed by atoms with Crippen LogP contribution in [0, 0.1) is 5.82 Å². The minimum Gasteiger partial charge on any atom is -0.353 e. The lowest BCUT2D eigenvalue weighted by molar-refractivity contribution is -0.118. The van der Waals surface area contributed by atoms with Crippen LogP contribution in [0.2, 0.25) is 0 Å². The van der Waals surface area contributed by atoms with E-state index in [4.69, 9.17) is 0 Å². The smallest absolute Gasteiger partial charge is 0.217 e. The van der Waals surface area contributed by atoms with Crippen molar-refractivity contribution in [2.45, 2.75) is 6.92 Å². The zero-order chi connectivity index (χ0) is 11.3. The highest BCUT2D eigenvalue weighted by molar-refractivity contribution is 9.10. The predicted octanol–water partition coefficient (Wildman–Crippen LogP) is 2.74. The molecule has 0 saturated carbocycles. The third-order valence-corrected chi connectivity index (χ3v) is 2.37. The molecule has 0 aliphatic heterocycles. The number of hydrogen-bond donors (Lipinski definition) is 1. The van der Waals surface area contributed by atoms with Gasteiger partial charge in [0.1, 0.15) is 5.82 Å². The molecule has 0 aliphatic rings. The number of hydrogen-bond acceptors (Lipinski definition) is 1. The molecule has 4 heteroatoms. The second kappa shape index (κ2) is 5.66. The molecule has 1 aromatic carbocycles. The average Bonchev–Trinajstić information content (AvgIpc) is 2.18. The van der Waals surface area contributed by atoms with E-state index in [2.05, 4.69) is 21.2 Å². The summed E-state index contributed by atoms with van der Waals surface area (Å²) in [5, 5.41) is 2.61. The molecule has 0 aromatic heterocycles. The summed E-state index contributed by atoms with van der Waals surface area (Å²) in [6.07, 6.45) is 3.52. The molecule has 0 saturated heterocycles. The Balaban J connectivity index is 2.57. The molecule has 0 heterocycles. The molecule has 1 amide bonds. The first-order valence-electron chi connectivity index (χ1n) is 4.45. The normalized spacial score (nSPS) is 10.6. The first-order valence-corrected chi connectivity index (χ1v) is 5.25. The molecular formula is C11H11BrFNO. The summed E-state index contributed by atoms with van der Waals surface area (Å²) in [6.45, 7) is 1.90. The average molecular weight is 272 g/mol. The van der Waals surface area contributed by atoms with Crippen LogP contribution in [0.25, 0.3) is 6.08 Å². The van der Waals surface area contributed by atoms with Gasteiger partial charge in [0.05, 0.1) is 4.47 Å². The van der Waals surface area contributed by atoms with Crippen LogP contribution in [0.15, 0.2) is 28.7 Å². The summed E-state index contributed by atoms with van der Waals surface area (Å²) in [5.41, 5.74) is 0.765. The first kappa shape index (κ1) is 11.9. The summed E-state index contributed by atoms with van der Waals surface area (Å²) in [4.78, 5) is 10.5. The number of rotatable bonds is 3. The monoisotopic (exact) mass is 271 g/mol. The van der Waals surface area contributed by atoms with Gasteiger partial charge in [-0.1, -0.05) is 18.2 Å². The third-order valence-electron chi connectivity index (χ3n) is 1.72. The third kappa shape index (κ3) is 4.25. The van der Waals surface area contributed by atoms with Crippen LogP contribution in [0.4, 0.5) is 4.39 Å². The van der Waals surface area contributed by atoms with Crippen molar-refractivity contribution in [2.24, 2.45) is 0 Å². The maximum Gasteiger partial charge on any atom is 0.217 e. The predicted molar refractivity (Wildman–Crippen MR) is 61.8 cm³/mol. The number of carbonyl (C=O) groups excluding carboxylic acids is 1. The molecule has 0 atom stereocenters. The molecule has 80 valence electrons. The SMILES string of the molecule is CC(=O)NCC=Cc1ccc(Br)c(F)c1. The molecule has 0 spiro atoms. The van der Waals surface area contributed by atoms with Crippen molar-refractivity contribution >= 4 is 27.9 Å². The number of amides is 1. The van der Waals surface area contributed by atoms with Gasteiger partial charge in [0.25, 0.3) is 0 Å². The largest absolute Gasteiger partial charge is 0.353 e. The molecule has 1 N–H and O–H groups in total. The molecule has 0 radical (unpaired) electrons. The summed E-state index contributed by atoms with van der Waals surface area (Å²) < 4.78 is 13.5. The molecule has 15 heavy (non-hydrogen) atoms. The van der Waals surface area contributed by atoms with E-state index in [0.29, 0.717) is 11.0 Å². The Morgan fingerprint density at radius 1 is 1.60 bits per heavy atom. The van der Waals surface area contributed by atoms with Gasteiger partial charge in [0.2, 0.25) is 5.91 Å². The van der Waals surface area contributed by atoms with Crippen LogP contribution in [0.1, 0.15) is 12.5 Å². The van der Waals surface area contributed by atoms with E-state index in [0.717, 1.165) is 5.56 Å². The fourth-order valence-electron chi connectivity index (χ4n) is 1.01. The zero-order valence-electron chi connectivity index (χ0n) is 8.26. The topological polar surface area (TPSA) is 29.1 Å². The maximum absolute atomic E-state index is 13.1. The molecule has 0 aliphatic carbocycles. The quantitative estimate of drug-likeness (QED) is 0.900. The summed E-state index contributed by atoms with van der Waals surface area (Å²) >= 11 is 3.07. The second-order valence-electron chi connectivity index (χ2n) is 3.01. The Morgan fingerprint density at radius 2 is 2.33 bits per heavy atom. The van der Waals surface area contributed by atoms with Gasteiger partial charge in [-0.3, -0.25) is 4.79 Å². The lowest BCUT2D eigenvalue weighted by atomic mass is 10.2. The molecule has 1 rings (SSSR count). The highest BCUT2D eigenvalue weighted by Crippen LogP contribution is 2.16. The highest BCUT2D eigenvalue weighted by atomic mass is 79.9. The van der Waals surface area contributed by atoms with E-state index in [1.54, 1.807) is 24.3 Å². The number of nitrogens with one attached hydrogen (secondary N) is 1. The Kier molecular flexibility index (Phi) is 4.49. The fraction of sp³-hybridized carbons (Fsp3) is 0.182. The molecule has 2 nitrogen and oxygen atoms in total. The fourth-order valence-corrected chi connectivity index (χ4v) is 1.26. The van der Waals surface area contributed by atoms with Crippen molar-refractivity contribution in [3.8, 4) is 0 Å². The van der Waals surface area contributed by atoms with Gasteiger partial charge in [0.15, 0.2) is 0 Å². The lowest BCUT2D eigenvalue weighted by Crippen LogP contribution is -2.19. The second-order valence-corrected chi connectivity index (χ2v) is 3.87. The van der Waals surface area contributed by atoms with Crippen LogP contribution in [-0.4, -0.2) is 12.5 Å². The Morgan fingerprint density at radius 3 is 2.93 bits per heavy atom. The van der Waals surface area contributed by atoms with E-state index >= 15 is 0 Å². The summed E-state index contributed by atoms with van der Waals surface area (Å²) in [5.74, 6) is -0.377. The van der Waals surface area contributed by atoms with E-state index in [-0.39, 0.29) is 11.7 Å². The van der Waals surface area contributed by atoms with Gasteiger partial charge >= 0.3 is 0 Å². The van der Waals surface area contributed by atoms with Gasteiger partial charge in [0, 0.05) is 13.5 Å². The van der Waals surface area contributed by atoms with Crippen LogP contribution >= 0.6 is 15.9 Å². The van der Waals surface area contributed by atoms with E-state index in [1.165, 1.54) is 13.0 Å². The van der Waals surface area contributed by atoms with Gasteiger partial charge in [-0.15, -0.1) is 0 Å². The van der Waals surface area contributed by atoms with Crippen LogP contribution in [0.3, 0.4) is 0 Å². The molecular weight excluding hydrogens is 261 g/mol. The van der Waals surface area contributed by atoms with Crippen molar-refractivity contribution in [3.05, 3.63) is 40.1 Å². The molecule has 1 aromatic rings. The Bertz CT molecular complexity index is 390. The van der Waals surface area contributed by atoms with Crippen LogP contribution in [-0.2, 0) is 4.79 Å². The highest BCUT2D eigenvalue weighted by Gasteiger charge is 1.97. The van der Waals surface area contributed by atoms with E-state index in [9.17, 15) is 9.18 Å². The Labute approximate surface area is 96.3 Å². The van der Waals surface area contributed by atoms with Crippen molar-refractivity contribution in [2.75, 3.05) is 6.54 Å². The Hall–Kier alpha value is -1.16. The molecule has 0 unspecified atom stereocenters. The zero-order valence-corrected chi connectivity index (χ0v) is 9.84. The number of benzene rings is 1. The molecule has 0 bridgehead atoms. The first-order chi connectivity index (χ1) is 7.09. The summed E-state index contributed by atoms with van der Waals surface area (Å²) in [7, 11) is 0. The minimum absolute atomic E-state index is 0.0818. The number of carbonyl (C=O) groups is 1. The standard InChI is InChI=1S/C11H11BrFNO/c1-8(15)14-6-2-3-9-4-5-10(12)11(13)7-9/h2-5,7H,6H2,1H3,(H,14,15). The van der Waals surface area contributed by atoms with Gasteiger partial charge in [-0.25, -0.2) is 4.39 Å².